The van der Waals surface area contributed by atoms with Gasteiger partial charge in [-0.05, 0) is 12.8 Å². The fourth-order valence-corrected chi connectivity index (χ4v) is 1.41. The van der Waals surface area contributed by atoms with Crippen LogP contribution in [0, 0.1) is 0 Å². The average molecular weight is 244 g/mol. The molecule has 0 fully saturated rings. The van der Waals surface area contributed by atoms with E-state index >= 15 is 0 Å². The molecular formula is C6H14O6P2+2. The van der Waals surface area contributed by atoms with Gasteiger partial charge in [-0.1, -0.05) is 12.8 Å². The molecule has 82 valence electrons. The highest BCUT2D eigenvalue weighted by atomic mass is 31.1. The molecule has 0 rings (SSSR count). The molecule has 2 atom stereocenters. The van der Waals surface area contributed by atoms with E-state index in [0.29, 0.717) is 12.8 Å². The third-order valence-corrected chi connectivity index (χ3v) is 2.25. The van der Waals surface area contributed by atoms with Crippen LogP contribution in [-0.2, 0) is 18.2 Å². The maximum atomic E-state index is 10.1. The maximum absolute atomic E-state index is 10.1. The Morgan fingerprint density at radius 2 is 1.14 bits per heavy atom. The summed E-state index contributed by atoms with van der Waals surface area (Å²) in [6.45, 7) is 0.529. The molecule has 0 aliphatic heterocycles. The molecule has 0 aromatic rings. The lowest BCUT2D eigenvalue weighted by Crippen LogP contribution is -1.90. The van der Waals surface area contributed by atoms with Crippen molar-refractivity contribution in [3.05, 3.63) is 0 Å². The first-order valence-corrected chi connectivity index (χ1v) is 6.47. The third kappa shape index (κ3) is 12.0. The van der Waals surface area contributed by atoms with Gasteiger partial charge in [-0.15, -0.1) is 18.8 Å². The first kappa shape index (κ1) is 14.0. The van der Waals surface area contributed by atoms with Gasteiger partial charge in [-0.25, -0.2) is 0 Å². The highest BCUT2D eigenvalue weighted by molar-refractivity contribution is 7.32. The lowest BCUT2D eigenvalue weighted by atomic mass is 10.2. The zero-order chi connectivity index (χ0) is 10.8. The summed E-state index contributed by atoms with van der Waals surface area (Å²) in [4.78, 5) is 16.5. The van der Waals surface area contributed by atoms with E-state index in [-0.39, 0.29) is 13.2 Å². The van der Waals surface area contributed by atoms with E-state index in [1.54, 1.807) is 0 Å². The van der Waals surface area contributed by atoms with Crippen LogP contribution >= 0.6 is 16.5 Å². The SMILES string of the molecule is O=[P+](O)OCCCCCCO[P+](=O)O. The van der Waals surface area contributed by atoms with E-state index in [4.69, 9.17) is 9.79 Å². The van der Waals surface area contributed by atoms with Crippen LogP contribution in [0.1, 0.15) is 25.7 Å². The van der Waals surface area contributed by atoms with Crippen LogP contribution in [0.3, 0.4) is 0 Å². The van der Waals surface area contributed by atoms with Gasteiger partial charge in [0.05, 0.1) is 0 Å². The Morgan fingerprint density at radius 3 is 1.43 bits per heavy atom. The lowest BCUT2D eigenvalue weighted by Gasteiger charge is -1.94. The van der Waals surface area contributed by atoms with Crippen molar-refractivity contribution in [3.8, 4) is 0 Å². The van der Waals surface area contributed by atoms with Crippen LogP contribution in [-0.4, -0.2) is 23.0 Å². The summed E-state index contributed by atoms with van der Waals surface area (Å²) < 4.78 is 29.0. The fraction of sp³-hybridized carbons (Fsp3) is 1.00. The van der Waals surface area contributed by atoms with E-state index in [0.717, 1.165) is 12.8 Å². The molecule has 0 aromatic carbocycles. The van der Waals surface area contributed by atoms with Crippen molar-refractivity contribution >= 4 is 16.5 Å². The molecular weight excluding hydrogens is 230 g/mol. The Kier molecular flexibility index (Phi) is 9.62. The zero-order valence-electron chi connectivity index (χ0n) is 7.66. The van der Waals surface area contributed by atoms with Gasteiger partial charge < -0.3 is 0 Å². The quantitative estimate of drug-likeness (QED) is 0.475. The number of unbranched alkanes of at least 4 members (excludes halogenated alkanes) is 3. The highest BCUT2D eigenvalue weighted by Gasteiger charge is 2.11. The number of hydrogen-bond donors (Lipinski definition) is 2. The Balaban J connectivity index is 2.99. The molecule has 0 spiro atoms. The minimum atomic E-state index is -2.48. The van der Waals surface area contributed by atoms with Crippen molar-refractivity contribution in [2.75, 3.05) is 13.2 Å². The average Bonchev–Trinajstić information content (AvgIpc) is 2.08. The second-order valence-electron chi connectivity index (χ2n) is 2.56. The Labute approximate surface area is 84.1 Å². The summed E-state index contributed by atoms with van der Waals surface area (Å²) in [5.41, 5.74) is 0. The molecule has 14 heavy (non-hydrogen) atoms. The van der Waals surface area contributed by atoms with Gasteiger partial charge in [0.1, 0.15) is 13.2 Å². The second kappa shape index (κ2) is 9.59. The number of hydrogen-bond acceptors (Lipinski definition) is 4. The molecule has 0 radical (unpaired) electrons. The molecule has 2 unspecified atom stereocenters. The molecule has 0 aliphatic rings. The summed E-state index contributed by atoms with van der Waals surface area (Å²) in [6.07, 6.45) is 3.09. The molecule has 0 bridgehead atoms. The van der Waals surface area contributed by atoms with Crippen molar-refractivity contribution < 1.29 is 28.0 Å². The standard InChI is InChI=1S/C6H12O6P2/c7-13(8)11-5-3-1-2-4-6-12-14(9)10/h1-6H2/p+2. The minimum absolute atomic E-state index is 0.265. The molecule has 0 aliphatic carbocycles. The van der Waals surface area contributed by atoms with Gasteiger partial charge in [0, 0.05) is 9.13 Å². The van der Waals surface area contributed by atoms with Crippen molar-refractivity contribution in [3.63, 3.8) is 0 Å². The first-order valence-electron chi connectivity index (χ1n) is 4.21. The van der Waals surface area contributed by atoms with Crippen LogP contribution < -0.4 is 0 Å². The van der Waals surface area contributed by atoms with Gasteiger partial charge in [0.2, 0.25) is 0 Å². The smallest absolute Gasteiger partial charge is 0.133 e. The maximum Gasteiger partial charge on any atom is 0.694 e. The molecule has 0 amide bonds. The van der Waals surface area contributed by atoms with Crippen molar-refractivity contribution in [2.45, 2.75) is 25.7 Å². The van der Waals surface area contributed by atoms with E-state index in [1.807, 2.05) is 0 Å². The van der Waals surface area contributed by atoms with Gasteiger partial charge in [-0.2, -0.15) is 0 Å². The summed E-state index contributed by atoms with van der Waals surface area (Å²) >= 11 is 0. The van der Waals surface area contributed by atoms with Crippen LogP contribution in [0.5, 0.6) is 0 Å². The lowest BCUT2D eigenvalue weighted by molar-refractivity contribution is 0.260. The van der Waals surface area contributed by atoms with E-state index in [9.17, 15) is 9.13 Å². The van der Waals surface area contributed by atoms with Gasteiger partial charge in [0.15, 0.2) is 0 Å². The van der Waals surface area contributed by atoms with Crippen molar-refractivity contribution in [1.82, 2.24) is 0 Å². The largest absolute Gasteiger partial charge is 0.694 e. The summed E-state index contributed by atoms with van der Waals surface area (Å²) in [5, 5.41) is 0. The van der Waals surface area contributed by atoms with Crippen molar-refractivity contribution in [1.29, 1.82) is 0 Å². The van der Waals surface area contributed by atoms with Crippen molar-refractivity contribution in [2.24, 2.45) is 0 Å². The first-order chi connectivity index (χ1) is 6.63. The fourth-order valence-electron chi connectivity index (χ4n) is 0.843. The molecule has 0 aromatic heterocycles. The minimum Gasteiger partial charge on any atom is -0.133 e. The highest BCUT2D eigenvalue weighted by Crippen LogP contribution is 2.17. The van der Waals surface area contributed by atoms with E-state index in [2.05, 4.69) is 9.05 Å². The summed E-state index contributed by atoms with van der Waals surface area (Å²) in [6, 6.07) is 0. The van der Waals surface area contributed by atoms with Gasteiger partial charge in [0.25, 0.3) is 0 Å². The molecule has 8 heteroatoms. The molecule has 0 saturated heterocycles. The molecule has 6 nitrogen and oxygen atoms in total. The second-order valence-corrected chi connectivity index (χ2v) is 4.02. The Hall–Kier alpha value is 0.0400. The van der Waals surface area contributed by atoms with Gasteiger partial charge >= 0.3 is 16.5 Å². The molecule has 0 heterocycles. The normalized spacial score (nSPS) is 12.7. The third-order valence-electron chi connectivity index (χ3n) is 1.44. The summed E-state index contributed by atoms with van der Waals surface area (Å²) in [7, 11) is -4.97. The van der Waals surface area contributed by atoms with Crippen LogP contribution in [0.15, 0.2) is 0 Å². The van der Waals surface area contributed by atoms with Gasteiger partial charge in [-0.3, -0.25) is 0 Å². The predicted molar refractivity (Wildman–Crippen MR) is 50.0 cm³/mol. The number of rotatable bonds is 9. The zero-order valence-corrected chi connectivity index (χ0v) is 9.45. The van der Waals surface area contributed by atoms with E-state index in [1.165, 1.54) is 0 Å². The monoisotopic (exact) mass is 244 g/mol. The predicted octanol–water partition coefficient (Wildman–Crippen LogP) is 1.88. The van der Waals surface area contributed by atoms with E-state index < -0.39 is 16.5 Å². The molecule has 0 saturated carbocycles. The molecule has 2 N–H and O–H groups in total. The van der Waals surface area contributed by atoms with Crippen LogP contribution in [0.4, 0.5) is 0 Å². The van der Waals surface area contributed by atoms with Crippen LogP contribution in [0.2, 0.25) is 0 Å². The Bertz CT molecular complexity index is 165. The topological polar surface area (TPSA) is 93.1 Å². The van der Waals surface area contributed by atoms with Crippen LogP contribution in [0.25, 0.3) is 0 Å². The Morgan fingerprint density at radius 1 is 0.786 bits per heavy atom. The summed E-state index contributed by atoms with van der Waals surface area (Å²) in [5.74, 6) is 0.